The molecule has 0 N–H and O–H groups in total. The quantitative estimate of drug-likeness (QED) is 0.198. The Labute approximate surface area is 167 Å². The zero-order valence-corrected chi connectivity index (χ0v) is 20.5. The molecule has 1 heterocycles. The zero-order valence-electron chi connectivity index (χ0n) is 12.4. The second kappa shape index (κ2) is 8.37. The summed E-state index contributed by atoms with van der Waals surface area (Å²) in [6.07, 6.45) is 0. The van der Waals surface area contributed by atoms with Gasteiger partial charge in [-0.2, -0.15) is 0 Å². The molecular formula is C16H14I3NOS2. The number of nitrogens with zero attached hydrogens (tertiary/aromatic N) is 1. The second-order valence-corrected chi connectivity index (χ2v) is 44.0. The van der Waals surface area contributed by atoms with Crippen LogP contribution in [0.3, 0.4) is 0 Å². The van der Waals surface area contributed by atoms with Crippen molar-refractivity contribution in [1.82, 2.24) is 0 Å². The first-order valence-electron chi connectivity index (χ1n) is 6.72. The molecule has 3 rings (SSSR count). The van der Waals surface area contributed by atoms with Gasteiger partial charge >= 0.3 is 170 Å². The van der Waals surface area contributed by atoms with Crippen LogP contribution in [0.2, 0.25) is 0 Å². The van der Waals surface area contributed by atoms with E-state index in [1.165, 1.54) is 21.7 Å². The van der Waals surface area contributed by atoms with Crippen molar-refractivity contribution in [2.24, 2.45) is 4.99 Å². The van der Waals surface area contributed by atoms with Crippen molar-refractivity contribution in [3.63, 3.8) is 0 Å². The van der Waals surface area contributed by atoms with E-state index in [2.05, 4.69) is 80.6 Å². The van der Waals surface area contributed by atoms with Crippen LogP contribution in [0.1, 0.15) is 16.7 Å². The molecule has 23 heavy (non-hydrogen) atoms. The van der Waals surface area contributed by atoms with Gasteiger partial charge in [0, 0.05) is 0 Å². The normalized spacial score (nSPS) is 17.9. The van der Waals surface area contributed by atoms with E-state index in [0.29, 0.717) is 0 Å². The number of aryl methyl sites for hydroxylation is 1. The minimum absolute atomic E-state index is 0.207. The molecule has 0 saturated carbocycles. The molecule has 0 bridgehead atoms. The molecule has 1 unspecified atom stereocenters. The molecule has 2 aromatic carbocycles. The molecule has 0 aliphatic carbocycles. The summed E-state index contributed by atoms with van der Waals surface area (Å²) in [4.78, 5) is 6.27. The van der Waals surface area contributed by atoms with Gasteiger partial charge in [-0.1, -0.05) is 0 Å². The number of ether oxygens (including phenoxy) is 1. The summed E-state index contributed by atoms with van der Waals surface area (Å²) in [5.74, 6) is 0.891. The molecule has 0 spiro atoms. The van der Waals surface area contributed by atoms with Crippen molar-refractivity contribution in [1.29, 1.82) is 0 Å². The number of methoxy groups -OCH3 is 1. The maximum absolute atomic E-state index is 5.27. The molecule has 7 heteroatoms. The Balaban J connectivity index is 1.98. The molecule has 0 aromatic heterocycles. The maximum atomic E-state index is 5.27. The predicted molar refractivity (Wildman–Crippen MR) is 132 cm³/mol. The van der Waals surface area contributed by atoms with Crippen molar-refractivity contribution >= 4 is 75.2 Å². The van der Waals surface area contributed by atoms with E-state index >= 15 is 0 Å². The van der Waals surface area contributed by atoms with E-state index in [4.69, 9.17) is 9.73 Å². The molecule has 0 saturated heterocycles. The van der Waals surface area contributed by atoms with Crippen LogP contribution in [0.4, 0.5) is 0 Å². The van der Waals surface area contributed by atoms with Crippen molar-refractivity contribution in [3.8, 4) is 5.75 Å². The van der Waals surface area contributed by atoms with E-state index in [0.717, 1.165) is 10.8 Å². The molecular weight excluding hydrogens is 667 g/mol. The zero-order chi connectivity index (χ0) is 16.4. The van der Waals surface area contributed by atoms with Gasteiger partial charge < -0.3 is 0 Å². The Morgan fingerprint density at radius 2 is 1.61 bits per heavy atom. The second-order valence-electron chi connectivity index (χ2n) is 4.79. The Kier molecular flexibility index (Phi) is 6.72. The van der Waals surface area contributed by atoms with Crippen molar-refractivity contribution in [3.05, 3.63) is 65.2 Å². The van der Waals surface area contributed by atoms with Gasteiger partial charge in [-0.3, -0.25) is 0 Å². The summed E-state index contributed by atoms with van der Waals surface area (Å²) in [5, 5.41) is 1.16. The van der Waals surface area contributed by atoms with Gasteiger partial charge in [0.2, 0.25) is 0 Å². The van der Waals surface area contributed by atoms with Crippen LogP contribution in [0.25, 0.3) is 0 Å². The third-order valence-electron chi connectivity index (χ3n) is 3.25. The number of hydrogen-bond donors (Lipinski definition) is 0. The van der Waals surface area contributed by atoms with Crippen LogP contribution >= 0.6 is 65.2 Å². The molecule has 2 nitrogen and oxygen atoms in total. The van der Waals surface area contributed by atoms with Crippen molar-refractivity contribution in [2.45, 2.75) is 6.92 Å². The van der Waals surface area contributed by atoms with E-state index in [-0.39, 0.29) is 6.69 Å². The topological polar surface area (TPSA) is 21.6 Å². The van der Waals surface area contributed by atoms with Gasteiger partial charge in [0.1, 0.15) is 0 Å². The van der Waals surface area contributed by atoms with E-state index in [9.17, 15) is 0 Å². The van der Waals surface area contributed by atoms with Crippen LogP contribution in [-0.2, 0) is 0 Å². The third-order valence-corrected chi connectivity index (χ3v) is 35.8. The predicted octanol–water partition coefficient (Wildman–Crippen LogP) is 6.98. The van der Waals surface area contributed by atoms with Crippen molar-refractivity contribution in [2.75, 3.05) is 7.11 Å². The molecule has 0 amide bonds. The fourth-order valence-electron chi connectivity index (χ4n) is 2.03. The Bertz CT molecular complexity index is 771. The van der Waals surface area contributed by atoms with Crippen LogP contribution in [0.5, 0.6) is 5.75 Å². The number of halogens is 3. The monoisotopic (exact) mass is 681 g/mol. The summed E-state index contributed by atoms with van der Waals surface area (Å²) >= 11 is 5.30. The number of benzene rings is 2. The van der Waals surface area contributed by atoms with Crippen LogP contribution < -0.4 is 4.74 Å². The van der Waals surface area contributed by atoms with E-state index in [1.807, 2.05) is 22.9 Å². The number of rotatable bonds is 4. The van der Waals surface area contributed by atoms with Gasteiger partial charge in [0.05, 0.1) is 0 Å². The first-order valence-corrected chi connectivity index (χ1v) is 24.4. The summed E-state index contributed by atoms with van der Waals surface area (Å²) in [6.45, 7) is 2.32. The molecule has 1 aliphatic rings. The standard InChI is InChI=1S/C16H14I3NOS2/c1-11-3-5-12(6-4-11)15-20-16(23(22-15)19(17)18)13-7-9-14(21-2)10-8-13/h3-10H,1-2H3. The molecule has 0 radical (unpaired) electrons. The average molecular weight is 681 g/mol. The number of hydrogen-bond acceptors (Lipinski definition) is 3. The molecule has 1 atom stereocenters. The van der Waals surface area contributed by atoms with E-state index in [1.54, 1.807) is 7.11 Å². The molecule has 0 fully saturated rings. The van der Waals surface area contributed by atoms with Gasteiger partial charge in [-0.25, -0.2) is 0 Å². The van der Waals surface area contributed by atoms with Crippen molar-refractivity contribution < 1.29 is 4.74 Å². The third kappa shape index (κ3) is 4.45. The first-order chi connectivity index (χ1) is 11.1. The Morgan fingerprint density at radius 3 is 2.17 bits per heavy atom. The fourth-order valence-corrected chi connectivity index (χ4v) is 24.2. The fraction of sp³-hybridized carbons (Fsp3) is 0.125. The molecule has 2 aromatic rings. The SMILES string of the molecule is COc1ccc(C2=S(I(I)I)SC(c3ccc(C)cc3)=N2)cc1. The minimum atomic E-state index is -1.07. The molecule has 1 aliphatic heterocycles. The summed E-state index contributed by atoms with van der Waals surface area (Å²) in [6, 6.07) is 17.0. The van der Waals surface area contributed by atoms with Gasteiger partial charge in [0.25, 0.3) is 0 Å². The van der Waals surface area contributed by atoms with Crippen LogP contribution in [-0.4, -0.2) is 17.1 Å². The number of aliphatic imine (C=N–C) groups is 1. The van der Waals surface area contributed by atoms with Crippen LogP contribution in [0, 0.1) is 6.92 Å². The summed E-state index contributed by atoms with van der Waals surface area (Å²) in [7, 11) is 2.58. The molecule has 122 valence electrons. The van der Waals surface area contributed by atoms with Gasteiger partial charge in [-0.05, 0) is 0 Å². The van der Waals surface area contributed by atoms with Crippen LogP contribution in [0.15, 0.2) is 53.5 Å². The summed E-state index contributed by atoms with van der Waals surface area (Å²) in [5.41, 5.74) is 3.73. The Morgan fingerprint density at radius 1 is 1.00 bits per heavy atom. The first kappa shape index (κ1) is 18.5. The average Bonchev–Trinajstić information content (AvgIpc) is 3.01. The van der Waals surface area contributed by atoms with E-state index < -0.39 is 10.5 Å². The van der Waals surface area contributed by atoms with Gasteiger partial charge in [0.15, 0.2) is 0 Å². The summed E-state index contributed by atoms with van der Waals surface area (Å²) < 4.78 is 5.27. The van der Waals surface area contributed by atoms with Gasteiger partial charge in [-0.15, -0.1) is 0 Å². The Hall–Kier alpha value is 0.670.